The zero-order valence-corrected chi connectivity index (χ0v) is 12.3. The Morgan fingerprint density at radius 1 is 1.22 bits per heavy atom. The van der Waals surface area contributed by atoms with Crippen LogP contribution in [-0.2, 0) is 18.3 Å². The van der Waals surface area contributed by atoms with Crippen LogP contribution in [-0.4, -0.2) is 18.8 Å². The van der Waals surface area contributed by atoms with E-state index in [0.717, 1.165) is 25.0 Å². The quantitative estimate of drug-likeness (QED) is 0.867. The molecular formula is C16H26O2. The molecule has 0 aliphatic carbocycles. The number of methoxy groups -OCH3 is 1. The number of hydrogen-bond acceptors (Lipinski definition) is 2. The summed E-state index contributed by atoms with van der Waals surface area (Å²) in [5.41, 5.74) is 3.89. The van der Waals surface area contributed by atoms with Gasteiger partial charge in [-0.2, -0.15) is 0 Å². The average molecular weight is 250 g/mol. The summed E-state index contributed by atoms with van der Waals surface area (Å²) in [6.45, 7) is 9.02. The SMILES string of the molecule is CCc1cc(CCCO)c(OC)c(C(C)(C)C)c1. The Balaban J connectivity index is 3.30. The summed E-state index contributed by atoms with van der Waals surface area (Å²) in [4.78, 5) is 0. The second kappa shape index (κ2) is 6.24. The summed E-state index contributed by atoms with van der Waals surface area (Å²) in [5, 5.41) is 9.01. The second-order valence-corrected chi connectivity index (χ2v) is 5.77. The maximum absolute atomic E-state index is 9.01. The van der Waals surface area contributed by atoms with Crippen molar-refractivity contribution in [1.82, 2.24) is 0 Å². The van der Waals surface area contributed by atoms with E-state index in [1.165, 1.54) is 16.7 Å². The normalized spacial score (nSPS) is 11.7. The first-order valence-corrected chi connectivity index (χ1v) is 6.75. The van der Waals surface area contributed by atoms with Crippen molar-refractivity contribution in [1.29, 1.82) is 0 Å². The van der Waals surface area contributed by atoms with Gasteiger partial charge >= 0.3 is 0 Å². The molecule has 102 valence electrons. The van der Waals surface area contributed by atoms with Gasteiger partial charge in [-0.15, -0.1) is 0 Å². The van der Waals surface area contributed by atoms with Crippen molar-refractivity contribution in [2.24, 2.45) is 0 Å². The van der Waals surface area contributed by atoms with Crippen molar-refractivity contribution < 1.29 is 9.84 Å². The van der Waals surface area contributed by atoms with Gasteiger partial charge in [-0.1, -0.05) is 39.8 Å². The number of ether oxygens (including phenoxy) is 1. The largest absolute Gasteiger partial charge is 0.496 e. The van der Waals surface area contributed by atoms with Crippen LogP contribution in [0.5, 0.6) is 5.75 Å². The van der Waals surface area contributed by atoms with Crippen LogP contribution in [0, 0.1) is 0 Å². The molecule has 2 heteroatoms. The summed E-state index contributed by atoms with van der Waals surface area (Å²) in [6, 6.07) is 4.46. The first kappa shape index (κ1) is 15.0. The molecule has 0 fully saturated rings. The Morgan fingerprint density at radius 2 is 1.89 bits per heavy atom. The lowest BCUT2D eigenvalue weighted by molar-refractivity contribution is 0.287. The molecule has 0 radical (unpaired) electrons. The smallest absolute Gasteiger partial charge is 0.125 e. The van der Waals surface area contributed by atoms with Crippen LogP contribution < -0.4 is 4.74 Å². The van der Waals surface area contributed by atoms with Gasteiger partial charge in [0.2, 0.25) is 0 Å². The molecule has 0 heterocycles. The monoisotopic (exact) mass is 250 g/mol. The van der Waals surface area contributed by atoms with Crippen molar-refractivity contribution in [3.63, 3.8) is 0 Å². The van der Waals surface area contributed by atoms with Crippen LogP contribution in [0.4, 0.5) is 0 Å². The lowest BCUT2D eigenvalue weighted by Crippen LogP contribution is -2.15. The first-order valence-electron chi connectivity index (χ1n) is 6.75. The highest BCUT2D eigenvalue weighted by Gasteiger charge is 2.21. The fraction of sp³-hybridized carbons (Fsp3) is 0.625. The third-order valence-electron chi connectivity index (χ3n) is 3.25. The minimum absolute atomic E-state index is 0.0739. The molecule has 1 aromatic carbocycles. The molecular weight excluding hydrogens is 224 g/mol. The first-order chi connectivity index (χ1) is 8.43. The summed E-state index contributed by atoms with van der Waals surface area (Å²) >= 11 is 0. The Bertz CT molecular complexity index is 389. The number of aliphatic hydroxyl groups is 1. The summed E-state index contributed by atoms with van der Waals surface area (Å²) < 4.78 is 5.62. The van der Waals surface area contributed by atoms with Crippen molar-refractivity contribution in [3.05, 3.63) is 28.8 Å². The van der Waals surface area contributed by atoms with Gasteiger partial charge in [-0.05, 0) is 35.8 Å². The molecule has 0 aliphatic rings. The number of hydrogen-bond donors (Lipinski definition) is 1. The topological polar surface area (TPSA) is 29.5 Å². The van der Waals surface area contributed by atoms with Crippen LogP contribution in [0.2, 0.25) is 0 Å². The molecule has 0 amide bonds. The predicted molar refractivity (Wildman–Crippen MR) is 76.5 cm³/mol. The molecule has 1 rings (SSSR count). The summed E-state index contributed by atoms with van der Waals surface area (Å²) in [7, 11) is 1.73. The van der Waals surface area contributed by atoms with Gasteiger partial charge in [0.05, 0.1) is 7.11 Å². The highest BCUT2D eigenvalue weighted by Crippen LogP contribution is 2.36. The van der Waals surface area contributed by atoms with Gasteiger partial charge in [0.25, 0.3) is 0 Å². The van der Waals surface area contributed by atoms with Gasteiger partial charge in [0.1, 0.15) is 5.75 Å². The fourth-order valence-electron chi connectivity index (χ4n) is 2.21. The molecule has 18 heavy (non-hydrogen) atoms. The van der Waals surface area contributed by atoms with Crippen LogP contribution in [0.15, 0.2) is 12.1 Å². The maximum Gasteiger partial charge on any atom is 0.125 e. The Kier molecular flexibility index (Phi) is 5.21. The van der Waals surface area contributed by atoms with Crippen molar-refractivity contribution in [2.45, 2.75) is 52.4 Å². The van der Waals surface area contributed by atoms with E-state index >= 15 is 0 Å². The highest BCUT2D eigenvalue weighted by molar-refractivity contribution is 5.48. The van der Waals surface area contributed by atoms with Crippen LogP contribution in [0.25, 0.3) is 0 Å². The van der Waals surface area contributed by atoms with E-state index in [2.05, 4.69) is 39.8 Å². The third-order valence-corrected chi connectivity index (χ3v) is 3.25. The van der Waals surface area contributed by atoms with Crippen LogP contribution in [0.1, 0.15) is 50.8 Å². The van der Waals surface area contributed by atoms with E-state index in [-0.39, 0.29) is 12.0 Å². The lowest BCUT2D eigenvalue weighted by atomic mass is 9.83. The van der Waals surface area contributed by atoms with Gasteiger partial charge in [0, 0.05) is 12.2 Å². The molecule has 0 aliphatic heterocycles. The highest BCUT2D eigenvalue weighted by atomic mass is 16.5. The molecule has 1 aromatic rings. The molecule has 0 bridgehead atoms. The molecule has 0 atom stereocenters. The molecule has 0 saturated carbocycles. The number of rotatable bonds is 5. The predicted octanol–water partition coefficient (Wildman–Crippen LogP) is 3.48. The fourth-order valence-corrected chi connectivity index (χ4v) is 2.21. The van der Waals surface area contributed by atoms with Crippen LogP contribution in [0.3, 0.4) is 0 Å². The van der Waals surface area contributed by atoms with Crippen molar-refractivity contribution in [3.8, 4) is 5.75 Å². The van der Waals surface area contributed by atoms with E-state index in [9.17, 15) is 0 Å². The second-order valence-electron chi connectivity index (χ2n) is 5.77. The van der Waals surface area contributed by atoms with E-state index in [1.54, 1.807) is 7.11 Å². The Morgan fingerprint density at radius 3 is 2.33 bits per heavy atom. The molecule has 2 nitrogen and oxygen atoms in total. The molecule has 1 N–H and O–H groups in total. The van der Waals surface area contributed by atoms with Crippen molar-refractivity contribution >= 4 is 0 Å². The Labute approximate surface area is 111 Å². The van der Waals surface area contributed by atoms with E-state index < -0.39 is 0 Å². The van der Waals surface area contributed by atoms with Gasteiger partial charge in [-0.25, -0.2) is 0 Å². The zero-order valence-electron chi connectivity index (χ0n) is 12.3. The van der Waals surface area contributed by atoms with Crippen LogP contribution >= 0.6 is 0 Å². The van der Waals surface area contributed by atoms with E-state index in [0.29, 0.717) is 0 Å². The number of aliphatic hydroxyl groups excluding tert-OH is 1. The van der Waals surface area contributed by atoms with Gasteiger partial charge in [-0.3, -0.25) is 0 Å². The lowest BCUT2D eigenvalue weighted by Gasteiger charge is -2.25. The van der Waals surface area contributed by atoms with Crippen molar-refractivity contribution in [2.75, 3.05) is 13.7 Å². The summed E-state index contributed by atoms with van der Waals surface area (Å²) in [5.74, 6) is 0.994. The molecule has 0 saturated heterocycles. The minimum Gasteiger partial charge on any atom is -0.496 e. The number of aryl methyl sites for hydroxylation is 2. The molecule has 0 spiro atoms. The molecule has 0 unspecified atom stereocenters. The average Bonchev–Trinajstić information content (AvgIpc) is 2.33. The zero-order chi connectivity index (χ0) is 13.8. The Hall–Kier alpha value is -1.02. The minimum atomic E-state index is 0.0739. The third kappa shape index (κ3) is 3.49. The maximum atomic E-state index is 9.01. The van der Waals surface area contributed by atoms with E-state index in [1.807, 2.05) is 0 Å². The van der Waals surface area contributed by atoms with Gasteiger partial charge < -0.3 is 9.84 Å². The summed E-state index contributed by atoms with van der Waals surface area (Å²) in [6.07, 6.45) is 2.68. The number of benzene rings is 1. The molecule has 0 aromatic heterocycles. The van der Waals surface area contributed by atoms with Gasteiger partial charge in [0.15, 0.2) is 0 Å². The van der Waals surface area contributed by atoms with E-state index in [4.69, 9.17) is 9.84 Å². The standard InChI is InChI=1S/C16H26O2/c1-6-12-10-13(8-7-9-17)15(18-5)14(11-12)16(2,3)4/h10-11,17H,6-9H2,1-5H3.